The van der Waals surface area contributed by atoms with Crippen LogP contribution in [0.1, 0.15) is 190 Å². The van der Waals surface area contributed by atoms with Crippen molar-refractivity contribution < 1.29 is 0 Å². The molecule has 4 saturated carbocycles. The highest BCUT2D eigenvalue weighted by molar-refractivity contribution is 4.93. The van der Waals surface area contributed by atoms with Crippen molar-refractivity contribution in [2.24, 2.45) is 23.7 Å². The van der Waals surface area contributed by atoms with Crippen LogP contribution >= 0.6 is 0 Å². The maximum Gasteiger partial charge on any atom is 0.0252 e. The highest BCUT2D eigenvalue weighted by Gasteiger charge is 2.36. The van der Waals surface area contributed by atoms with Crippen molar-refractivity contribution in [1.82, 2.24) is 24.9 Å². The Labute approximate surface area is 325 Å². The molecular weight excluding hydrogens is 635 g/mol. The third-order valence-corrected chi connectivity index (χ3v) is 15.5. The van der Waals surface area contributed by atoms with E-state index in [9.17, 15) is 0 Å². The number of nitrogens with zero attached hydrogens (tertiary/aromatic N) is 4. The summed E-state index contributed by atoms with van der Waals surface area (Å²) in [4.78, 5) is 10.9. The van der Waals surface area contributed by atoms with Crippen LogP contribution in [0.2, 0.25) is 0 Å². The fourth-order valence-corrected chi connectivity index (χ4v) is 12.6. The summed E-state index contributed by atoms with van der Waals surface area (Å²) in [6.45, 7) is 26.7. The molecule has 5 nitrogen and oxygen atoms in total. The second-order valence-corrected chi connectivity index (χ2v) is 20.1. The fraction of sp³-hybridized carbons (Fsp3) is 1.00. The van der Waals surface area contributed by atoms with Crippen molar-refractivity contribution in [3.8, 4) is 0 Å². The van der Waals surface area contributed by atoms with Crippen molar-refractivity contribution in [3.63, 3.8) is 0 Å². The van der Waals surface area contributed by atoms with Crippen LogP contribution < -0.4 is 5.32 Å². The van der Waals surface area contributed by atoms with Gasteiger partial charge in [-0.25, -0.2) is 0 Å². The van der Waals surface area contributed by atoms with Crippen molar-refractivity contribution >= 4 is 0 Å². The number of nitrogens with one attached hydrogen (secondary N) is 1. The summed E-state index contributed by atoms with van der Waals surface area (Å²) in [7, 11) is 0. The van der Waals surface area contributed by atoms with E-state index in [0.717, 1.165) is 72.0 Å². The smallest absolute Gasteiger partial charge is 0.0252 e. The summed E-state index contributed by atoms with van der Waals surface area (Å²) >= 11 is 0. The Balaban J connectivity index is 0.000000134. The third kappa shape index (κ3) is 12.1. The molecule has 0 spiro atoms. The molecule has 4 aliphatic carbocycles. The van der Waals surface area contributed by atoms with E-state index < -0.39 is 0 Å². The molecule has 8 unspecified atom stereocenters. The van der Waals surface area contributed by atoms with Crippen LogP contribution in [0, 0.1) is 23.7 Å². The summed E-state index contributed by atoms with van der Waals surface area (Å²) < 4.78 is 0. The van der Waals surface area contributed by atoms with Crippen LogP contribution in [0.25, 0.3) is 0 Å². The summed E-state index contributed by atoms with van der Waals surface area (Å²) in [5, 5.41) is 3.66. The van der Waals surface area contributed by atoms with Gasteiger partial charge in [0.05, 0.1) is 0 Å². The molecule has 0 aromatic carbocycles. The van der Waals surface area contributed by atoms with Crippen LogP contribution in [0.15, 0.2) is 0 Å². The first-order valence-corrected chi connectivity index (χ1v) is 23.9. The minimum atomic E-state index is 0.729. The Kier molecular flexibility index (Phi) is 18.1. The first-order valence-electron chi connectivity index (χ1n) is 23.9. The zero-order chi connectivity index (χ0) is 37.0. The van der Waals surface area contributed by atoms with E-state index in [1.807, 2.05) is 0 Å². The fourth-order valence-electron chi connectivity index (χ4n) is 12.6. The molecule has 4 saturated heterocycles. The highest BCUT2D eigenvalue weighted by atomic mass is 15.3. The molecule has 4 heterocycles. The Hall–Kier alpha value is -0.200. The van der Waals surface area contributed by atoms with E-state index in [2.05, 4.69) is 80.3 Å². The normalized spacial score (nSPS) is 36.2. The van der Waals surface area contributed by atoms with Gasteiger partial charge < -0.3 is 10.2 Å². The lowest BCUT2D eigenvalue weighted by Crippen LogP contribution is -2.60. The maximum atomic E-state index is 3.66. The summed E-state index contributed by atoms with van der Waals surface area (Å²) in [6.07, 6.45) is 31.0. The van der Waals surface area contributed by atoms with Gasteiger partial charge in [-0.3, -0.25) is 14.7 Å². The van der Waals surface area contributed by atoms with E-state index in [-0.39, 0.29) is 0 Å². The van der Waals surface area contributed by atoms with Gasteiger partial charge in [-0.1, -0.05) is 57.8 Å². The summed E-state index contributed by atoms with van der Waals surface area (Å²) in [6, 6.07) is 6.56. The zero-order valence-corrected chi connectivity index (χ0v) is 36.3. The Morgan fingerprint density at radius 1 is 0.365 bits per heavy atom. The molecule has 8 aliphatic rings. The predicted molar refractivity (Wildman–Crippen MR) is 226 cm³/mol. The van der Waals surface area contributed by atoms with Gasteiger partial charge in [0.2, 0.25) is 0 Å². The number of piperidine rings is 3. The van der Waals surface area contributed by atoms with Crippen LogP contribution in [0.5, 0.6) is 0 Å². The van der Waals surface area contributed by atoms with E-state index in [0.29, 0.717) is 0 Å². The second kappa shape index (κ2) is 21.9. The summed E-state index contributed by atoms with van der Waals surface area (Å²) in [5.41, 5.74) is 0. The number of hydrogen-bond donors (Lipinski definition) is 1. The van der Waals surface area contributed by atoms with Crippen molar-refractivity contribution in [2.75, 3.05) is 39.3 Å². The average Bonchev–Trinajstić information content (AvgIpc) is 3.17. The van der Waals surface area contributed by atoms with Crippen LogP contribution in [-0.2, 0) is 0 Å². The van der Waals surface area contributed by atoms with Crippen LogP contribution in [0.3, 0.4) is 0 Å². The van der Waals surface area contributed by atoms with Crippen LogP contribution in [0.4, 0.5) is 0 Å². The van der Waals surface area contributed by atoms with Gasteiger partial charge >= 0.3 is 0 Å². The topological polar surface area (TPSA) is 25.0 Å². The molecule has 0 aromatic heterocycles. The standard InChI is InChI=1S/3C12H23N.C11H22N2/c2*1-10(2)13-9-5-7-11-6-3-4-8-12(11)13;1-10(2)13-8-7-11-5-3-4-6-12(11)9-13;1-9(2)13-8-7-12-10-5-3-4-6-11(10)13/h3*10-12H,3-9H2,1-2H3;9-12H,3-8H2,1-2H3. The number of fused-ring (bicyclic) bond motifs is 4. The molecule has 0 aromatic rings. The maximum absolute atomic E-state index is 3.66. The van der Waals surface area contributed by atoms with Gasteiger partial charge in [-0.2, -0.15) is 0 Å². The van der Waals surface area contributed by atoms with E-state index >= 15 is 0 Å². The monoisotopic (exact) mass is 726 g/mol. The Morgan fingerprint density at radius 3 is 1.31 bits per heavy atom. The molecule has 1 N–H and O–H groups in total. The SMILES string of the molecule is CC(C)N1CCC2CCCCC2C1.CC(C)N1CCCC2CCCCC21.CC(C)N1CCCC2CCCCC21.CC(C)N1CCNC2CCCCC21. The Bertz CT molecular complexity index is 866. The van der Waals surface area contributed by atoms with E-state index in [1.54, 1.807) is 0 Å². The van der Waals surface area contributed by atoms with Crippen molar-refractivity contribution in [2.45, 2.75) is 239 Å². The lowest BCUT2D eigenvalue weighted by molar-refractivity contribution is 0.0371. The lowest BCUT2D eigenvalue weighted by Gasteiger charge is -2.46. The molecule has 4 aliphatic heterocycles. The first-order chi connectivity index (χ1) is 25.1. The van der Waals surface area contributed by atoms with Crippen LogP contribution in [-0.4, -0.2) is 107 Å². The van der Waals surface area contributed by atoms with Crippen molar-refractivity contribution in [3.05, 3.63) is 0 Å². The zero-order valence-electron chi connectivity index (χ0n) is 36.3. The molecule has 8 rings (SSSR count). The number of rotatable bonds is 4. The van der Waals surface area contributed by atoms with E-state index in [1.165, 1.54) is 174 Å². The molecule has 5 heteroatoms. The molecule has 52 heavy (non-hydrogen) atoms. The molecule has 304 valence electrons. The second-order valence-electron chi connectivity index (χ2n) is 20.1. The highest BCUT2D eigenvalue weighted by Crippen LogP contribution is 2.38. The summed E-state index contributed by atoms with van der Waals surface area (Å²) in [5.74, 6) is 4.23. The largest absolute Gasteiger partial charge is 0.311 e. The minimum Gasteiger partial charge on any atom is -0.311 e. The number of piperazine rings is 1. The third-order valence-electron chi connectivity index (χ3n) is 15.5. The average molecular weight is 726 g/mol. The molecule has 8 fully saturated rings. The molecule has 0 bridgehead atoms. The van der Waals surface area contributed by atoms with Gasteiger partial charge in [0, 0.05) is 68.0 Å². The minimum absolute atomic E-state index is 0.729. The molecule has 8 atom stereocenters. The quantitative estimate of drug-likeness (QED) is 0.311. The predicted octanol–water partition coefficient (Wildman–Crippen LogP) is 10.6. The first kappa shape index (κ1) is 42.9. The Morgan fingerprint density at radius 2 is 0.788 bits per heavy atom. The van der Waals surface area contributed by atoms with Gasteiger partial charge in [0.15, 0.2) is 0 Å². The van der Waals surface area contributed by atoms with Crippen molar-refractivity contribution in [1.29, 1.82) is 0 Å². The molecular formula is C47H91N5. The number of hydrogen-bond acceptors (Lipinski definition) is 5. The number of likely N-dealkylation sites (tertiary alicyclic amines) is 3. The molecule has 0 radical (unpaired) electrons. The van der Waals surface area contributed by atoms with Gasteiger partial charge in [0.1, 0.15) is 0 Å². The van der Waals surface area contributed by atoms with E-state index in [4.69, 9.17) is 0 Å². The molecule has 0 amide bonds. The van der Waals surface area contributed by atoms with Gasteiger partial charge in [0.25, 0.3) is 0 Å². The lowest BCUT2D eigenvalue weighted by atomic mass is 9.75. The van der Waals surface area contributed by atoms with Gasteiger partial charge in [-0.05, 0) is 176 Å². The van der Waals surface area contributed by atoms with Gasteiger partial charge in [-0.15, -0.1) is 0 Å².